The molecule has 0 aromatic carbocycles. The zero-order valence-corrected chi connectivity index (χ0v) is 12.5. The molecule has 2 heterocycles. The number of sulfonamides is 1. The van der Waals surface area contributed by atoms with Crippen LogP contribution in [0.3, 0.4) is 0 Å². The molecule has 0 saturated carbocycles. The number of anilines is 1. The Bertz CT molecular complexity index is 616. The van der Waals surface area contributed by atoms with Crippen molar-refractivity contribution in [1.82, 2.24) is 9.29 Å². The number of pyridine rings is 1. The highest BCUT2D eigenvalue weighted by molar-refractivity contribution is 7.88. The summed E-state index contributed by atoms with van der Waals surface area (Å²) in [7, 11) is -1.53. The van der Waals surface area contributed by atoms with E-state index in [4.69, 9.17) is 5.26 Å². The Kier molecular flexibility index (Phi) is 4.26. The minimum absolute atomic E-state index is 0.0236. The van der Waals surface area contributed by atoms with Crippen LogP contribution in [0, 0.1) is 11.3 Å². The summed E-state index contributed by atoms with van der Waals surface area (Å²) in [6.07, 6.45) is 4.38. The lowest BCUT2D eigenvalue weighted by atomic mass is 10.0. The second-order valence-electron chi connectivity index (χ2n) is 4.98. The van der Waals surface area contributed by atoms with Gasteiger partial charge in [0.2, 0.25) is 10.0 Å². The molecule has 0 N–H and O–H groups in total. The summed E-state index contributed by atoms with van der Waals surface area (Å²) in [6.45, 7) is 1.41. The van der Waals surface area contributed by atoms with Gasteiger partial charge in [-0.05, 0) is 25.0 Å². The second-order valence-corrected chi connectivity index (χ2v) is 7.03. The van der Waals surface area contributed by atoms with Crippen LogP contribution in [0.4, 0.5) is 5.82 Å². The molecule has 0 aliphatic carbocycles. The van der Waals surface area contributed by atoms with E-state index >= 15 is 0 Å². The normalized spacial score (nSPS) is 17.2. The van der Waals surface area contributed by atoms with Gasteiger partial charge in [0, 0.05) is 32.4 Å². The predicted molar refractivity (Wildman–Crippen MR) is 76.8 cm³/mol. The number of nitriles is 1. The molecular weight excluding hydrogens is 276 g/mol. The van der Waals surface area contributed by atoms with Crippen LogP contribution in [0.1, 0.15) is 18.4 Å². The average molecular weight is 294 g/mol. The Hall–Kier alpha value is -1.65. The topological polar surface area (TPSA) is 77.3 Å². The summed E-state index contributed by atoms with van der Waals surface area (Å²) < 4.78 is 24.5. The van der Waals surface area contributed by atoms with Gasteiger partial charge >= 0.3 is 0 Å². The van der Waals surface area contributed by atoms with E-state index in [1.165, 1.54) is 10.6 Å². The van der Waals surface area contributed by atoms with E-state index in [0.717, 1.165) is 12.8 Å². The van der Waals surface area contributed by atoms with Gasteiger partial charge in [-0.15, -0.1) is 0 Å². The fourth-order valence-corrected chi connectivity index (χ4v) is 3.20. The molecule has 0 unspecified atom stereocenters. The Labute approximate surface area is 119 Å². The van der Waals surface area contributed by atoms with Crippen LogP contribution in [-0.4, -0.2) is 50.1 Å². The molecule has 0 radical (unpaired) electrons. The molecule has 0 atom stereocenters. The number of aromatic nitrogens is 1. The maximum atomic E-state index is 11.5. The van der Waals surface area contributed by atoms with Gasteiger partial charge in [-0.1, -0.05) is 0 Å². The van der Waals surface area contributed by atoms with Gasteiger partial charge in [-0.25, -0.2) is 17.7 Å². The fraction of sp³-hybridized carbons (Fsp3) is 0.538. The van der Waals surface area contributed by atoms with Gasteiger partial charge in [0.15, 0.2) is 0 Å². The van der Waals surface area contributed by atoms with E-state index < -0.39 is 10.0 Å². The quantitative estimate of drug-likeness (QED) is 0.824. The molecule has 1 fully saturated rings. The molecule has 20 heavy (non-hydrogen) atoms. The van der Waals surface area contributed by atoms with Crippen molar-refractivity contribution in [2.24, 2.45) is 0 Å². The highest BCUT2D eigenvalue weighted by Gasteiger charge is 2.28. The van der Waals surface area contributed by atoms with Crippen LogP contribution in [-0.2, 0) is 10.0 Å². The summed E-state index contributed by atoms with van der Waals surface area (Å²) in [5.74, 6) is 0.690. The first kappa shape index (κ1) is 14.8. The summed E-state index contributed by atoms with van der Waals surface area (Å²) in [5.41, 5.74) is 0.558. The highest BCUT2D eigenvalue weighted by Crippen LogP contribution is 2.23. The summed E-state index contributed by atoms with van der Waals surface area (Å²) in [6, 6.07) is 5.65. The van der Waals surface area contributed by atoms with Crippen molar-refractivity contribution < 1.29 is 8.42 Å². The Morgan fingerprint density at radius 2 is 2.10 bits per heavy atom. The number of rotatable bonds is 3. The number of hydrogen-bond acceptors (Lipinski definition) is 5. The molecule has 1 saturated heterocycles. The van der Waals surface area contributed by atoms with Crippen LogP contribution in [0.15, 0.2) is 18.3 Å². The van der Waals surface area contributed by atoms with Crippen LogP contribution < -0.4 is 4.90 Å². The smallest absolute Gasteiger partial charge is 0.211 e. The first-order chi connectivity index (χ1) is 9.43. The fourth-order valence-electron chi connectivity index (χ4n) is 2.45. The van der Waals surface area contributed by atoms with Gasteiger partial charge in [-0.3, -0.25) is 0 Å². The number of nitrogens with zero attached hydrogens (tertiary/aromatic N) is 4. The molecule has 2 rings (SSSR count). The standard InChI is InChI=1S/C13H18N4O2S/c1-16(20(2,18)19)12-5-8-17(9-6-12)13-11(10-14)4-3-7-15-13/h3-4,7,12H,5-6,8-9H2,1-2H3. The van der Waals surface area contributed by atoms with Crippen molar-refractivity contribution in [3.63, 3.8) is 0 Å². The van der Waals surface area contributed by atoms with E-state index in [2.05, 4.69) is 11.1 Å². The monoisotopic (exact) mass is 294 g/mol. The molecule has 0 bridgehead atoms. The van der Waals surface area contributed by atoms with Crippen molar-refractivity contribution in [2.45, 2.75) is 18.9 Å². The SMILES string of the molecule is CN(C1CCN(c2ncccc2C#N)CC1)S(C)(=O)=O. The van der Waals surface area contributed by atoms with Gasteiger partial charge < -0.3 is 4.90 Å². The van der Waals surface area contributed by atoms with E-state index in [9.17, 15) is 8.42 Å². The predicted octanol–water partition coefficient (Wildman–Crippen LogP) is 0.813. The zero-order valence-electron chi connectivity index (χ0n) is 11.7. The summed E-state index contributed by atoms with van der Waals surface area (Å²) in [4.78, 5) is 6.31. The average Bonchev–Trinajstić information content (AvgIpc) is 2.45. The maximum Gasteiger partial charge on any atom is 0.211 e. The van der Waals surface area contributed by atoms with E-state index in [-0.39, 0.29) is 6.04 Å². The van der Waals surface area contributed by atoms with E-state index in [1.54, 1.807) is 25.4 Å². The lowest BCUT2D eigenvalue weighted by Gasteiger charge is -2.36. The minimum Gasteiger partial charge on any atom is -0.355 e. The first-order valence-electron chi connectivity index (χ1n) is 6.46. The number of hydrogen-bond donors (Lipinski definition) is 0. The second kappa shape index (κ2) is 5.77. The molecule has 108 valence electrons. The Morgan fingerprint density at radius 3 is 2.65 bits per heavy atom. The van der Waals surface area contributed by atoms with E-state index in [0.29, 0.717) is 24.5 Å². The third-order valence-corrected chi connectivity index (χ3v) is 5.05. The van der Waals surface area contributed by atoms with Crippen molar-refractivity contribution in [1.29, 1.82) is 5.26 Å². The van der Waals surface area contributed by atoms with Crippen molar-refractivity contribution in [3.8, 4) is 6.07 Å². The number of piperidine rings is 1. The van der Waals surface area contributed by atoms with Gasteiger partial charge in [0.1, 0.15) is 11.9 Å². The molecule has 1 aliphatic rings. The summed E-state index contributed by atoms with van der Waals surface area (Å²) >= 11 is 0. The van der Waals surface area contributed by atoms with Crippen LogP contribution in [0.5, 0.6) is 0 Å². The molecule has 0 amide bonds. The summed E-state index contributed by atoms with van der Waals surface area (Å²) in [5, 5.41) is 9.09. The molecule has 6 nitrogen and oxygen atoms in total. The third kappa shape index (κ3) is 3.08. The largest absolute Gasteiger partial charge is 0.355 e. The Morgan fingerprint density at radius 1 is 1.45 bits per heavy atom. The van der Waals surface area contributed by atoms with Gasteiger partial charge in [-0.2, -0.15) is 5.26 Å². The third-order valence-electron chi connectivity index (χ3n) is 3.71. The first-order valence-corrected chi connectivity index (χ1v) is 8.31. The van der Waals surface area contributed by atoms with Crippen LogP contribution >= 0.6 is 0 Å². The van der Waals surface area contributed by atoms with Crippen LogP contribution in [0.25, 0.3) is 0 Å². The molecule has 1 aliphatic heterocycles. The zero-order chi connectivity index (χ0) is 14.8. The Balaban J connectivity index is 2.07. The lowest BCUT2D eigenvalue weighted by Crippen LogP contribution is -2.45. The highest BCUT2D eigenvalue weighted by atomic mass is 32.2. The molecule has 1 aromatic rings. The minimum atomic E-state index is -3.15. The molecule has 7 heteroatoms. The van der Waals surface area contributed by atoms with Gasteiger partial charge in [0.05, 0.1) is 11.8 Å². The lowest BCUT2D eigenvalue weighted by molar-refractivity contribution is 0.313. The van der Waals surface area contributed by atoms with Crippen molar-refractivity contribution in [3.05, 3.63) is 23.9 Å². The van der Waals surface area contributed by atoms with E-state index in [1.807, 2.05) is 4.90 Å². The molecular formula is C13H18N4O2S. The molecule has 1 aromatic heterocycles. The van der Waals surface area contributed by atoms with Crippen molar-refractivity contribution in [2.75, 3.05) is 31.3 Å². The van der Waals surface area contributed by atoms with Gasteiger partial charge in [0.25, 0.3) is 0 Å². The van der Waals surface area contributed by atoms with Crippen LogP contribution in [0.2, 0.25) is 0 Å². The van der Waals surface area contributed by atoms with Crippen molar-refractivity contribution >= 4 is 15.8 Å². The maximum absolute atomic E-state index is 11.5. The molecule has 0 spiro atoms.